The van der Waals surface area contributed by atoms with E-state index >= 15 is 0 Å². The number of nitrogens with zero attached hydrogens (tertiary/aromatic N) is 1. The minimum absolute atomic E-state index is 0.599. The van der Waals surface area contributed by atoms with Crippen LogP contribution in [-0.2, 0) is 11.2 Å². The molecule has 0 fully saturated rings. The molecule has 1 aromatic rings. The van der Waals surface area contributed by atoms with Crippen molar-refractivity contribution in [3.63, 3.8) is 0 Å². The molecule has 0 aliphatic rings. The van der Waals surface area contributed by atoms with Gasteiger partial charge in [-0.1, -0.05) is 6.58 Å². The fraction of sp³-hybridized carbons (Fsp3) is 0.400. The Morgan fingerprint density at radius 2 is 2.47 bits per heavy atom. The number of nitrogens with two attached hydrogens (primary N) is 1. The Bertz CT molecular complexity index is 371. The SMILES string of the molecule is C=Cc1ncc(CC(C)(C)OC(N)=O)s1. The molecule has 0 aliphatic heterocycles. The highest BCUT2D eigenvalue weighted by atomic mass is 32.1. The lowest BCUT2D eigenvalue weighted by atomic mass is 10.0. The van der Waals surface area contributed by atoms with E-state index in [-0.39, 0.29) is 0 Å². The third kappa shape index (κ3) is 3.71. The third-order valence-corrected chi connectivity index (χ3v) is 2.72. The van der Waals surface area contributed by atoms with Crippen LogP contribution in [-0.4, -0.2) is 16.7 Å². The largest absolute Gasteiger partial charge is 0.443 e. The van der Waals surface area contributed by atoms with Gasteiger partial charge in [-0.25, -0.2) is 9.78 Å². The summed E-state index contributed by atoms with van der Waals surface area (Å²) < 4.78 is 4.98. The molecule has 0 saturated heterocycles. The molecule has 0 atom stereocenters. The first-order valence-electron chi connectivity index (χ1n) is 4.48. The molecule has 1 heterocycles. The molecule has 4 nitrogen and oxygen atoms in total. The Kier molecular flexibility index (Phi) is 3.47. The van der Waals surface area contributed by atoms with Gasteiger partial charge >= 0.3 is 6.09 Å². The maximum absolute atomic E-state index is 10.6. The van der Waals surface area contributed by atoms with Crippen molar-refractivity contribution in [2.24, 2.45) is 5.73 Å². The van der Waals surface area contributed by atoms with Gasteiger partial charge in [-0.2, -0.15) is 0 Å². The molecule has 1 rings (SSSR count). The lowest BCUT2D eigenvalue weighted by Crippen LogP contribution is -2.32. The van der Waals surface area contributed by atoms with E-state index in [2.05, 4.69) is 11.6 Å². The summed E-state index contributed by atoms with van der Waals surface area (Å²) in [7, 11) is 0. The Labute approximate surface area is 92.8 Å². The van der Waals surface area contributed by atoms with Crippen LogP contribution >= 0.6 is 11.3 Å². The molecular formula is C10H14N2O2S. The maximum atomic E-state index is 10.6. The topological polar surface area (TPSA) is 65.2 Å². The molecule has 1 aromatic heterocycles. The maximum Gasteiger partial charge on any atom is 0.405 e. The lowest BCUT2D eigenvalue weighted by molar-refractivity contribution is 0.0466. The summed E-state index contributed by atoms with van der Waals surface area (Å²) in [6.45, 7) is 7.25. The van der Waals surface area contributed by atoms with Crippen LogP contribution in [0.3, 0.4) is 0 Å². The van der Waals surface area contributed by atoms with Crippen molar-refractivity contribution in [3.05, 3.63) is 22.7 Å². The number of hydrogen-bond acceptors (Lipinski definition) is 4. The Morgan fingerprint density at radius 3 is 2.93 bits per heavy atom. The first-order valence-corrected chi connectivity index (χ1v) is 5.30. The smallest absolute Gasteiger partial charge is 0.405 e. The number of ether oxygens (including phenoxy) is 1. The Balaban J connectivity index is 2.67. The minimum atomic E-state index is -0.756. The molecule has 0 aliphatic carbocycles. The van der Waals surface area contributed by atoms with Crippen LogP contribution in [0.5, 0.6) is 0 Å². The van der Waals surface area contributed by atoms with Gasteiger partial charge in [0.2, 0.25) is 0 Å². The van der Waals surface area contributed by atoms with E-state index in [1.54, 1.807) is 12.3 Å². The van der Waals surface area contributed by atoms with E-state index in [1.807, 2.05) is 13.8 Å². The average Bonchev–Trinajstić information content (AvgIpc) is 2.48. The summed E-state index contributed by atoms with van der Waals surface area (Å²) in [4.78, 5) is 15.8. The van der Waals surface area contributed by atoms with Crippen molar-refractivity contribution in [1.29, 1.82) is 0 Å². The van der Waals surface area contributed by atoms with E-state index in [0.717, 1.165) is 9.88 Å². The number of carbonyl (C=O) groups is 1. The second-order valence-electron chi connectivity index (χ2n) is 3.73. The highest BCUT2D eigenvalue weighted by Crippen LogP contribution is 2.22. The van der Waals surface area contributed by atoms with Gasteiger partial charge in [0.25, 0.3) is 0 Å². The van der Waals surface area contributed by atoms with Crippen molar-refractivity contribution in [3.8, 4) is 0 Å². The van der Waals surface area contributed by atoms with Gasteiger partial charge < -0.3 is 10.5 Å². The quantitative estimate of drug-likeness (QED) is 0.856. The number of rotatable bonds is 4. The molecule has 0 saturated carbocycles. The number of primary amides is 1. The first kappa shape index (κ1) is 11.7. The Hall–Kier alpha value is -1.36. The van der Waals surface area contributed by atoms with E-state index < -0.39 is 11.7 Å². The second kappa shape index (κ2) is 4.44. The molecule has 82 valence electrons. The van der Waals surface area contributed by atoms with Gasteiger partial charge in [-0.15, -0.1) is 11.3 Å². The molecule has 0 spiro atoms. The van der Waals surface area contributed by atoms with Gasteiger partial charge in [0.05, 0.1) is 0 Å². The van der Waals surface area contributed by atoms with E-state index in [9.17, 15) is 4.79 Å². The van der Waals surface area contributed by atoms with Crippen molar-refractivity contribution in [2.45, 2.75) is 25.9 Å². The zero-order chi connectivity index (χ0) is 11.5. The minimum Gasteiger partial charge on any atom is -0.443 e. The van der Waals surface area contributed by atoms with Crippen LogP contribution in [0.1, 0.15) is 23.7 Å². The highest BCUT2D eigenvalue weighted by molar-refractivity contribution is 7.12. The van der Waals surface area contributed by atoms with Gasteiger partial charge in [0.1, 0.15) is 10.6 Å². The normalized spacial score (nSPS) is 11.1. The first-order chi connectivity index (χ1) is 6.93. The number of aromatic nitrogens is 1. The van der Waals surface area contributed by atoms with Crippen LogP contribution in [0.25, 0.3) is 6.08 Å². The summed E-state index contributed by atoms with van der Waals surface area (Å²) >= 11 is 1.53. The Morgan fingerprint density at radius 1 is 1.80 bits per heavy atom. The molecule has 1 amide bonds. The molecule has 0 bridgehead atoms. The second-order valence-corrected chi connectivity index (χ2v) is 4.87. The fourth-order valence-corrected chi connectivity index (χ4v) is 2.21. The number of amides is 1. The number of carbonyl (C=O) groups excluding carboxylic acids is 1. The van der Waals surface area contributed by atoms with Crippen LogP contribution in [0.15, 0.2) is 12.8 Å². The summed E-state index contributed by atoms with van der Waals surface area (Å²) in [6.07, 6.45) is 3.29. The van der Waals surface area contributed by atoms with Crippen molar-refractivity contribution in [2.75, 3.05) is 0 Å². The molecular weight excluding hydrogens is 212 g/mol. The van der Waals surface area contributed by atoms with Gasteiger partial charge in [0.15, 0.2) is 0 Å². The average molecular weight is 226 g/mol. The molecule has 0 aromatic carbocycles. The predicted molar refractivity (Wildman–Crippen MR) is 60.7 cm³/mol. The predicted octanol–water partition coefficient (Wildman–Crippen LogP) is 2.20. The van der Waals surface area contributed by atoms with E-state index in [1.165, 1.54) is 11.3 Å². The van der Waals surface area contributed by atoms with E-state index in [4.69, 9.17) is 10.5 Å². The van der Waals surface area contributed by atoms with Crippen LogP contribution in [0.2, 0.25) is 0 Å². The van der Waals surface area contributed by atoms with Crippen LogP contribution in [0.4, 0.5) is 4.79 Å². The zero-order valence-electron chi connectivity index (χ0n) is 8.82. The van der Waals surface area contributed by atoms with Crippen molar-refractivity contribution in [1.82, 2.24) is 4.98 Å². The third-order valence-electron chi connectivity index (χ3n) is 1.72. The molecule has 0 radical (unpaired) electrons. The summed E-state index contributed by atoms with van der Waals surface area (Å²) in [5.74, 6) is 0. The summed E-state index contributed by atoms with van der Waals surface area (Å²) in [5, 5.41) is 0.861. The molecule has 2 N–H and O–H groups in total. The van der Waals surface area contributed by atoms with Crippen LogP contribution in [0, 0.1) is 0 Å². The summed E-state index contributed by atoms with van der Waals surface area (Å²) in [6, 6.07) is 0. The fourth-order valence-electron chi connectivity index (χ4n) is 1.23. The van der Waals surface area contributed by atoms with Gasteiger partial charge in [-0.3, -0.25) is 0 Å². The number of thiazole rings is 1. The highest BCUT2D eigenvalue weighted by Gasteiger charge is 2.23. The molecule has 15 heavy (non-hydrogen) atoms. The van der Waals surface area contributed by atoms with Crippen molar-refractivity contribution < 1.29 is 9.53 Å². The monoisotopic (exact) mass is 226 g/mol. The van der Waals surface area contributed by atoms with Gasteiger partial charge in [0, 0.05) is 17.5 Å². The standard InChI is InChI=1S/C10H14N2O2S/c1-4-8-12-6-7(15-8)5-10(2,3)14-9(11)13/h4,6H,1,5H2,2-3H3,(H2,11,13). The van der Waals surface area contributed by atoms with Crippen molar-refractivity contribution >= 4 is 23.5 Å². The molecule has 5 heteroatoms. The zero-order valence-corrected chi connectivity index (χ0v) is 9.63. The van der Waals surface area contributed by atoms with E-state index in [0.29, 0.717) is 6.42 Å². The van der Waals surface area contributed by atoms with Gasteiger partial charge in [-0.05, 0) is 19.9 Å². The summed E-state index contributed by atoms with van der Waals surface area (Å²) in [5.41, 5.74) is 4.37. The number of hydrogen-bond donors (Lipinski definition) is 1. The lowest BCUT2D eigenvalue weighted by Gasteiger charge is -2.22. The van der Waals surface area contributed by atoms with Crippen LogP contribution < -0.4 is 5.73 Å². The molecule has 0 unspecified atom stereocenters.